The number of nitrogens with zero attached hydrogens (tertiary/aromatic N) is 1. The van der Waals surface area contributed by atoms with Crippen molar-refractivity contribution in [3.8, 4) is 0 Å². The van der Waals surface area contributed by atoms with Gasteiger partial charge in [-0.1, -0.05) is 6.92 Å². The Morgan fingerprint density at radius 3 is 2.58 bits per heavy atom. The lowest BCUT2D eigenvalue weighted by atomic mass is 10.0. The number of amides is 1. The minimum absolute atomic E-state index is 0.144. The van der Waals surface area contributed by atoms with Gasteiger partial charge in [-0.15, -0.1) is 0 Å². The number of carbonyl (C=O) groups is 1. The van der Waals surface area contributed by atoms with E-state index >= 15 is 0 Å². The van der Waals surface area contributed by atoms with Crippen molar-refractivity contribution >= 4 is 6.09 Å². The summed E-state index contributed by atoms with van der Waals surface area (Å²) in [5, 5.41) is 3.39. The van der Waals surface area contributed by atoms with Crippen LogP contribution in [0.5, 0.6) is 0 Å². The fourth-order valence-electron chi connectivity index (χ4n) is 2.55. The zero-order valence-corrected chi connectivity index (χ0v) is 12.8. The summed E-state index contributed by atoms with van der Waals surface area (Å²) < 4.78 is 5.59. The average Bonchev–Trinajstić information content (AvgIpc) is 3.03. The molecule has 1 saturated carbocycles. The van der Waals surface area contributed by atoms with Gasteiger partial charge in [-0.25, -0.2) is 4.79 Å². The third kappa shape index (κ3) is 4.37. The molecule has 0 bridgehead atoms. The third-order valence-corrected chi connectivity index (χ3v) is 4.00. The molecule has 0 radical (unpaired) electrons. The summed E-state index contributed by atoms with van der Waals surface area (Å²) in [5.74, 6) is 0. The Morgan fingerprint density at radius 2 is 2.11 bits per heavy atom. The molecular weight excluding hydrogens is 240 g/mol. The van der Waals surface area contributed by atoms with E-state index in [2.05, 4.69) is 12.2 Å². The van der Waals surface area contributed by atoms with Gasteiger partial charge in [0.05, 0.1) is 0 Å². The lowest BCUT2D eigenvalue weighted by molar-refractivity contribution is 0.00912. The molecule has 1 atom stereocenters. The summed E-state index contributed by atoms with van der Waals surface area (Å²) in [6, 6.07) is 0.293. The summed E-state index contributed by atoms with van der Waals surface area (Å²) in [7, 11) is 0. The van der Waals surface area contributed by atoms with Gasteiger partial charge in [0.15, 0.2) is 0 Å². The van der Waals surface area contributed by atoms with Crippen LogP contribution in [-0.2, 0) is 4.74 Å². The zero-order valence-electron chi connectivity index (χ0n) is 12.8. The molecule has 2 fully saturated rings. The minimum Gasteiger partial charge on any atom is -0.444 e. The van der Waals surface area contributed by atoms with E-state index in [1.54, 1.807) is 0 Å². The van der Waals surface area contributed by atoms with E-state index in [9.17, 15) is 4.79 Å². The predicted molar refractivity (Wildman–Crippen MR) is 76.2 cm³/mol. The van der Waals surface area contributed by atoms with Crippen LogP contribution in [0, 0.1) is 5.41 Å². The largest absolute Gasteiger partial charge is 0.444 e. The van der Waals surface area contributed by atoms with Crippen LogP contribution in [0.3, 0.4) is 0 Å². The summed E-state index contributed by atoms with van der Waals surface area (Å²) in [4.78, 5) is 14.4. The predicted octanol–water partition coefficient (Wildman–Crippen LogP) is 2.78. The van der Waals surface area contributed by atoms with Gasteiger partial charge < -0.3 is 15.0 Å². The van der Waals surface area contributed by atoms with E-state index in [1.807, 2.05) is 25.7 Å². The van der Waals surface area contributed by atoms with Crippen molar-refractivity contribution in [3.63, 3.8) is 0 Å². The lowest BCUT2D eigenvalue weighted by Crippen LogP contribution is -2.51. The Kier molecular flexibility index (Phi) is 4.09. The first-order valence-corrected chi connectivity index (χ1v) is 7.49. The summed E-state index contributed by atoms with van der Waals surface area (Å²) in [5.41, 5.74) is -0.0871. The molecule has 1 saturated heterocycles. The molecule has 2 rings (SSSR count). The van der Waals surface area contributed by atoms with Gasteiger partial charge in [0.2, 0.25) is 0 Å². The minimum atomic E-state index is -0.415. The normalized spacial score (nSPS) is 25.8. The molecule has 1 heterocycles. The van der Waals surface area contributed by atoms with Crippen LogP contribution in [0.15, 0.2) is 0 Å². The van der Waals surface area contributed by atoms with E-state index in [4.69, 9.17) is 4.74 Å². The van der Waals surface area contributed by atoms with Crippen LogP contribution in [0.25, 0.3) is 0 Å². The SMILES string of the molecule is CC1(CN(C(=O)OC(C)(C)C)[C@@H]2CCCNC2)CC1. The molecule has 0 aromatic carbocycles. The molecule has 4 nitrogen and oxygen atoms in total. The van der Waals surface area contributed by atoms with Crippen LogP contribution in [0.1, 0.15) is 53.4 Å². The first-order valence-electron chi connectivity index (χ1n) is 7.49. The number of ether oxygens (including phenoxy) is 1. The van der Waals surface area contributed by atoms with Crippen molar-refractivity contribution in [2.75, 3.05) is 19.6 Å². The number of rotatable bonds is 3. The Labute approximate surface area is 116 Å². The molecule has 0 unspecified atom stereocenters. The molecule has 1 aliphatic heterocycles. The first kappa shape index (κ1) is 14.6. The van der Waals surface area contributed by atoms with E-state index in [1.165, 1.54) is 12.8 Å². The molecule has 0 spiro atoms. The second-order valence-electron chi connectivity index (χ2n) is 7.42. The van der Waals surface area contributed by atoms with Crippen molar-refractivity contribution in [2.45, 2.75) is 65.0 Å². The maximum atomic E-state index is 12.4. The van der Waals surface area contributed by atoms with Crippen molar-refractivity contribution < 1.29 is 9.53 Å². The number of carbonyl (C=O) groups excluding carboxylic acids is 1. The Bertz CT molecular complexity index is 326. The van der Waals surface area contributed by atoms with Crippen LogP contribution in [-0.4, -0.2) is 42.3 Å². The van der Waals surface area contributed by atoms with Crippen LogP contribution >= 0.6 is 0 Å². The first-order chi connectivity index (χ1) is 8.79. The Hall–Kier alpha value is -0.770. The molecule has 1 aliphatic carbocycles. The van der Waals surface area contributed by atoms with E-state index in [0.29, 0.717) is 11.5 Å². The fraction of sp³-hybridized carbons (Fsp3) is 0.933. The van der Waals surface area contributed by atoms with Crippen LogP contribution < -0.4 is 5.32 Å². The number of nitrogens with one attached hydrogen (secondary N) is 1. The van der Waals surface area contributed by atoms with E-state index in [0.717, 1.165) is 32.5 Å². The molecule has 1 N–H and O–H groups in total. The van der Waals surface area contributed by atoms with Gasteiger partial charge in [-0.3, -0.25) is 0 Å². The molecule has 0 aromatic rings. The molecule has 0 aromatic heterocycles. The second kappa shape index (κ2) is 5.31. The summed E-state index contributed by atoms with van der Waals surface area (Å²) in [6.45, 7) is 10.9. The maximum Gasteiger partial charge on any atom is 0.410 e. The number of hydrogen-bond donors (Lipinski definition) is 1. The fourth-order valence-corrected chi connectivity index (χ4v) is 2.55. The smallest absolute Gasteiger partial charge is 0.410 e. The second-order valence-corrected chi connectivity index (χ2v) is 7.42. The standard InChI is InChI=1S/C15H28N2O2/c1-14(2,3)19-13(18)17(11-15(4)7-8-15)12-6-5-9-16-10-12/h12,16H,5-11H2,1-4H3/t12-/m1/s1. The van der Waals surface area contributed by atoms with Crippen LogP contribution in [0.2, 0.25) is 0 Å². The molecule has 4 heteroatoms. The Morgan fingerprint density at radius 1 is 1.42 bits per heavy atom. The highest BCUT2D eigenvalue weighted by molar-refractivity contribution is 5.68. The number of piperidine rings is 1. The van der Waals surface area contributed by atoms with Crippen molar-refractivity contribution in [2.24, 2.45) is 5.41 Å². The quantitative estimate of drug-likeness (QED) is 0.855. The molecular formula is C15H28N2O2. The molecule has 19 heavy (non-hydrogen) atoms. The van der Waals surface area contributed by atoms with Gasteiger partial charge in [0, 0.05) is 19.1 Å². The molecule has 2 aliphatic rings. The van der Waals surface area contributed by atoms with Gasteiger partial charge in [-0.2, -0.15) is 0 Å². The highest BCUT2D eigenvalue weighted by atomic mass is 16.6. The van der Waals surface area contributed by atoms with Crippen molar-refractivity contribution in [3.05, 3.63) is 0 Å². The zero-order chi connectivity index (χ0) is 14.1. The average molecular weight is 268 g/mol. The van der Waals surface area contributed by atoms with Gasteiger partial charge in [0.1, 0.15) is 5.60 Å². The topological polar surface area (TPSA) is 41.6 Å². The van der Waals surface area contributed by atoms with Gasteiger partial charge in [0.25, 0.3) is 0 Å². The van der Waals surface area contributed by atoms with Crippen molar-refractivity contribution in [1.29, 1.82) is 0 Å². The maximum absolute atomic E-state index is 12.4. The molecule has 1 amide bonds. The Balaban J connectivity index is 2.02. The monoisotopic (exact) mass is 268 g/mol. The van der Waals surface area contributed by atoms with Crippen molar-refractivity contribution in [1.82, 2.24) is 10.2 Å². The lowest BCUT2D eigenvalue weighted by Gasteiger charge is -2.37. The van der Waals surface area contributed by atoms with E-state index in [-0.39, 0.29) is 6.09 Å². The number of hydrogen-bond acceptors (Lipinski definition) is 3. The highest BCUT2D eigenvalue weighted by Gasteiger charge is 2.42. The van der Waals surface area contributed by atoms with Crippen LogP contribution in [0.4, 0.5) is 4.79 Å². The third-order valence-electron chi connectivity index (χ3n) is 4.00. The molecule has 110 valence electrons. The van der Waals surface area contributed by atoms with Gasteiger partial charge >= 0.3 is 6.09 Å². The van der Waals surface area contributed by atoms with Gasteiger partial charge in [-0.05, 0) is 58.4 Å². The highest BCUT2D eigenvalue weighted by Crippen LogP contribution is 2.46. The summed E-state index contributed by atoms with van der Waals surface area (Å²) in [6.07, 6.45) is 4.54. The summed E-state index contributed by atoms with van der Waals surface area (Å²) >= 11 is 0. The van der Waals surface area contributed by atoms with E-state index < -0.39 is 5.60 Å².